The molecule has 1 aromatic heterocycles. The molecule has 2 rings (SSSR count). The number of hydrogen-bond acceptors (Lipinski definition) is 3. The van der Waals surface area contributed by atoms with Gasteiger partial charge in [0.05, 0.1) is 5.03 Å². The van der Waals surface area contributed by atoms with Crippen LogP contribution in [0.5, 0.6) is 0 Å². The lowest BCUT2D eigenvalue weighted by Gasteiger charge is -2.09. The maximum absolute atomic E-state index is 4.53. The highest BCUT2D eigenvalue weighted by Crippen LogP contribution is 2.20. The molecule has 1 saturated heterocycles. The Kier molecular flexibility index (Phi) is 3.65. The summed E-state index contributed by atoms with van der Waals surface area (Å²) in [4.78, 5) is 4.53. The van der Waals surface area contributed by atoms with E-state index < -0.39 is 0 Å². The van der Waals surface area contributed by atoms with E-state index in [1.807, 2.05) is 11.8 Å². The molecule has 0 unspecified atom stereocenters. The van der Waals surface area contributed by atoms with Gasteiger partial charge in [0, 0.05) is 17.5 Å². The zero-order valence-corrected chi connectivity index (χ0v) is 10.2. The number of nitrogens with one attached hydrogen (secondary N) is 1. The van der Waals surface area contributed by atoms with Gasteiger partial charge in [-0.15, -0.1) is 11.8 Å². The van der Waals surface area contributed by atoms with Gasteiger partial charge in [0.2, 0.25) is 0 Å². The zero-order chi connectivity index (χ0) is 10.7. The summed E-state index contributed by atoms with van der Waals surface area (Å²) in [5.41, 5.74) is 2.43. The largest absolute Gasteiger partial charge is 0.313 e. The fourth-order valence-electron chi connectivity index (χ4n) is 1.96. The Hall–Kier alpha value is -0.540. The Morgan fingerprint density at radius 1 is 1.47 bits per heavy atom. The van der Waals surface area contributed by atoms with E-state index in [1.165, 1.54) is 30.0 Å². The first-order valence-electron chi connectivity index (χ1n) is 5.55. The van der Waals surface area contributed by atoms with E-state index in [1.54, 1.807) is 0 Å². The lowest BCUT2D eigenvalue weighted by Crippen LogP contribution is -2.23. The second kappa shape index (κ2) is 4.99. The van der Waals surface area contributed by atoms with Crippen molar-refractivity contribution in [2.75, 3.05) is 12.3 Å². The maximum Gasteiger partial charge on any atom is 0.0966 e. The Balaban J connectivity index is 1.92. The molecule has 0 saturated carbocycles. The molecule has 2 nitrogen and oxygen atoms in total. The Labute approximate surface area is 95.9 Å². The van der Waals surface area contributed by atoms with Gasteiger partial charge in [-0.25, -0.2) is 4.98 Å². The number of aryl methyl sites for hydroxylation is 2. The summed E-state index contributed by atoms with van der Waals surface area (Å²) in [6.07, 6.45) is 2.64. The summed E-state index contributed by atoms with van der Waals surface area (Å²) < 4.78 is 0. The van der Waals surface area contributed by atoms with Gasteiger partial charge < -0.3 is 5.32 Å². The van der Waals surface area contributed by atoms with Crippen LogP contribution in [-0.4, -0.2) is 23.3 Å². The van der Waals surface area contributed by atoms with Crippen molar-refractivity contribution in [3.63, 3.8) is 0 Å². The van der Waals surface area contributed by atoms with Crippen LogP contribution in [0.4, 0.5) is 0 Å². The highest BCUT2D eigenvalue weighted by Gasteiger charge is 2.14. The minimum absolute atomic E-state index is 0.692. The highest BCUT2D eigenvalue weighted by molar-refractivity contribution is 7.99. The monoisotopic (exact) mass is 222 g/mol. The second-order valence-electron chi connectivity index (χ2n) is 4.23. The predicted octanol–water partition coefficient (Wildman–Crippen LogP) is 2.54. The van der Waals surface area contributed by atoms with E-state index >= 15 is 0 Å². The normalized spacial score (nSPS) is 20.8. The molecule has 0 bridgehead atoms. The minimum Gasteiger partial charge on any atom is -0.313 e. The van der Waals surface area contributed by atoms with Crippen molar-refractivity contribution < 1.29 is 0 Å². The van der Waals surface area contributed by atoms with E-state index in [2.05, 4.69) is 36.3 Å². The molecule has 15 heavy (non-hydrogen) atoms. The fourth-order valence-corrected chi connectivity index (χ4v) is 3.10. The van der Waals surface area contributed by atoms with Gasteiger partial charge in [-0.2, -0.15) is 0 Å². The predicted molar refractivity (Wildman–Crippen MR) is 65.5 cm³/mol. The molecule has 1 atom stereocenters. The molecule has 1 aromatic rings. The average Bonchev–Trinajstić information content (AvgIpc) is 2.65. The molecule has 0 amide bonds. The van der Waals surface area contributed by atoms with E-state index in [-0.39, 0.29) is 0 Å². The first kappa shape index (κ1) is 11.0. The first-order valence-corrected chi connectivity index (χ1v) is 6.54. The van der Waals surface area contributed by atoms with Crippen LogP contribution in [0.2, 0.25) is 0 Å². The van der Waals surface area contributed by atoms with Crippen LogP contribution in [0.3, 0.4) is 0 Å². The molecule has 3 heteroatoms. The standard InChI is InChI=1S/C12H18N2S/c1-9-6-10(2)14-12(7-9)15-8-11-4-3-5-13-11/h6-7,11,13H,3-5,8H2,1-2H3/t11-/m1/s1. The van der Waals surface area contributed by atoms with Crippen molar-refractivity contribution in [1.82, 2.24) is 10.3 Å². The lowest BCUT2D eigenvalue weighted by atomic mass is 10.2. The molecule has 0 aromatic carbocycles. The van der Waals surface area contributed by atoms with Crippen LogP contribution in [0.1, 0.15) is 24.1 Å². The summed E-state index contributed by atoms with van der Waals surface area (Å²) in [5, 5.41) is 4.68. The van der Waals surface area contributed by atoms with Gasteiger partial charge in [0.25, 0.3) is 0 Å². The van der Waals surface area contributed by atoms with Gasteiger partial charge in [0.1, 0.15) is 0 Å². The number of thioether (sulfide) groups is 1. The Bertz CT molecular complexity index is 312. The molecule has 0 spiro atoms. The van der Waals surface area contributed by atoms with E-state index in [9.17, 15) is 0 Å². The van der Waals surface area contributed by atoms with Crippen LogP contribution in [0, 0.1) is 13.8 Å². The fraction of sp³-hybridized carbons (Fsp3) is 0.583. The molecule has 1 N–H and O–H groups in total. The van der Waals surface area contributed by atoms with Crippen LogP contribution in [0.15, 0.2) is 17.2 Å². The number of aromatic nitrogens is 1. The Morgan fingerprint density at radius 3 is 3.00 bits per heavy atom. The SMILES string of the molecule is Cc1cc(C)nc(SC[C@H]2CCCN2)c1. The summed E-state index contributed by atoms with van der Waals surface area (Å²) in [6.45, 7) is 5.38. The molecule has 1 aliphatic heterocycles. The maximum atomic E-state index is 4.53. The Morgan fingerprint density at radius 2 is 2.33 bits per heavy atom. The molecule has 2 heterocycles. The highest BCUT2D eigenvalue weighted by atomic mass is 32.2. The molecule has 1 aliphatic rings. The van der Waals surface area contributed by atoms with Crippen molar-refractivity contribution >= 4 is 11.8 Å². The van der Waals surface area contributed by atoms with Gasteiger partial charge in [-0.3, -0.25) is 0 Å². The second-order valence-corrected chi connectivity index (χ2v) is 5.27. The first-order chi connectivity index (χ1) is 7.24. The van der Waals surface area contributed by atoms with E-state index in [0.29, 0.717) is 6.04 Å². The lowest BCUT2D eigenvalue weighted by molar-refractivity contribution is 0.673. The van der Waals surface area contributed by atoms with Gasteiger partial charge in [0.15, 0.2) is 0 Å². The van der Waals surface area contributed by atoms with Crippen LogP contribution < -0.4 is 5.32 Å². The van der Waals surface area contributed by atoms with Crippen LogP contribution >= 0.6 is 11.8 Å². The van der Waals surface area contributed by atoms with E-state index in [4.69, 9.17) is 0 Å². The topological polar surface area (TPSA) is 24.9 Å². The third kappa shape index (κ3) is 3.21. The minimum atomic E-state index is 0.692. The van der Waals surface area contributed by atoms with Gasteiger partial charge in [-0.1, -0.05) is 0 Å². The number of pyridine rings is 1. The van der Waals surface area contributed by atoms with Crippen molar-refractivity contribution in [1.29, 1.82) is 0 Å². The number of hydrogen-bond donors (Lipinski definition) is 1. The third-order valence-corrected chi connectivity index (χ3v) is 3.74. The molecule has 82 valence electrons. The number of nitrogens with zero attached hydrogens (tertiary/aromatic N) is 1. The van der Waals surface area contributed by atoms with Crippen LogP contribution in [0.25, 0.3) is 0 Å². The molecule has 0 aliphatic carbocycles. The van der Waals surface area contributed by atoms with Crippen molar-refractivity contribution in [2.45, 2.75) is 37.8 Å². The summed E-state index contributed by atoms with van der Waals surface area (Å²) >= 11 is 1.87. The van der Waals surface area contributed by atoms with E-state index in [0.717, 1.165) is 11.4 Å². The average molecular weight is 222 g/mol. The van der Waals surface area contributed by atoms with Crippen molar-refractivity contribution in [2.24, 2.45) is 0 Å². The smallest absolute Gasteiger partial charge is 0.0966 e. The zero-order valence-electron chi connectivity index (χ0n) is 9.42. The van der Waals surface area contributed by atoms with Crippen molar-refractivity contribution in [3.8, 4) is 0 Å². The summed E-state index contributed by atoms with van der Waals surface area (Å²) in [5.74, 6) is 1.15. The quantitative estimate of drug-likeness (QED) is 0.796. The molecular formula is C12H18N2S. The summed E-state index contributed by atoms with van der Waals surface area (Å²) in [7, 11) is 0. The third-order valence-electron chi connectivity index (χ3n) is 2.67. The molecular weight excluding hydrogens is 204 g/mol. The number of rotatable bonds is 3. The van der Waals surface area contributed by atoms with Gasteiger partial charge in [-0.05, 0) is 50.9 Å². The van der Waals surface area contributed by atoms with Crippen LogP contribution in [-0.2, 0) is 0 Å². The molecule has 1 fully saturated rings. The van der Waals surface area contributed by atoms with Crippen molar-refractivity contribution in [3.05, 3.63) is 23.4 Å². The van der Waals surface area contributed by atoms with Gasteiger partial charge >= 0.3 is 0 Å². The molecule has 0 radical (unpaired) electrons. The summed E-state index contributed by atoms with van der Waals surface area (Å²) in [6, 6.07) is 4.99.